The van der Waals surface area contributed by atoms with Crippen LogP contribution in [-0.2, 0) is 19.5 Å². The topological polar surface area (TPSA) is 60.0 Å². The molecule has 7 nitrogen and oxygen atoms in total. The Labute approximate surface area is 208 Å². The van der Waals surface area contributed by atoms with E-state index in [2.05, 4.69) is 16.7 Å². The quantitative estimate of drug-likeness (QED) is 0.491. The number of hydrogen-bond acceptors (Lipinski definition) is 7. The Balaban J connectivity index is 1.29. The van der Waals surface area contributed by atoms with E-state index < -0.39 is 11.6 Å². The molecule has 3 aliphatic rings. The lowest BCUT2D eigenvalue weighted by Crippen LogP contribution is -2.36. The van der Waals surface area contributed by atoms with Gasteiger partial charge in [-0.25, -0.2) is 13.8 Å². The van der Waals surface area contributed by atoms with E-state index in [0.717, 1.165) is 73.3 Å². The smallest absolute Gasteiger partial charge is 0.231 e. The van der Waals surface area contributed by atoms with E-state index in [9.17, 15) is 8.78 Å². The first-order valence-electron chi connectivity index (χ1n) is 12.4. The molecule has 0 N–H and O–H groups in total. The Hall–Kier alpha value is -3.46. The second kappa shape index (κ2) is 9.54. The number of piperidine rings is 1. The van der Waals surface area contributed by atoms with Gasteiger partial charge in [-0.05, 0) is 48.6 Å². The molecule has 0 atom stereocenters. The molecule has 3 aliphatic heterocycles. The van der Waals surface area contributed by atoms with Crippen molar-refractivity contribution in [1.82, 2.24) is 14.9 Å². The molecular weight excluding hydrogens is 466 g/mol. The molecule has 4 heterocycles. The minimum absolute atomic E-state index is 0.0524. The molecule has 9 heteroatoms. The average molecular weight is 495 g/mol. The summed E-state index contributed by atoms with van der Waals surface area (Å²) in [5.41, 5.74) is 2.85. The number of hydrogen-bond donors (Lipinski definition) is 0. The van der Waals surface area contributed by atoms with E-state index in [0.29, 0.717) is 30.8 Å². The van der Waals surface area contributed by atoms with Crippen molar-refractivity contribution in [3.8, 4) is 23.1 Å². The fourth-order valence-electron chi connectivity index (χ4n) is 4.96. The molecule has 0 aliphatic carbocycles. The maximum absolute atomic E-state index is 14.5. The lowest BCUT2D eigenvalue weighted by Gasteiger charge is -2.33. The van der Waals surface area contributed by atoms with Crippen molar-refractivity contribution in [1.29, 1.82) is 0 Å². The van der Waals surface area contributed by atoms with Crippen LogP contribution in [0.2, 0.25) is 0 Å². The number of anilines is 1. The molecule has 1 aromatic heterocycles. The van der Waals surface area contributed by atoms with Crippen LogP contribution in [0.1, 0.15) is 36.6 Å². The van der Waals surface area contributed by atoms with Crippen LogP contribution in [0.25, 0.3) is 0 Å². The van der Waals surface area contributed by atoms with Crippen LogP contribution in [0.5, 0.6) is 23.1 Å². The highest BCUT2D eigenvalue weighted by molar-refractivity contribution is 5.46. The normalized spacial score (nSPS) is 17.8. The molecule has 0 unspecified atom stereocenters. The third kappa shape index (κ3) is 4.67. The largest absolute Gasteiger partial charge is 0.454 e. The van der Waals surface area contributed by atoms with Gasteiger partial charge in [-0.3, -0.25) is 4.90 Å². The number of nitrogens with zero attached hydrogens (tertiary/aromatic N) is 4. The van der Waals surface area contributed by atoms with Gasteiger partial charge in [0, 0.05) is 45.2 Å². The average Bonchev–Trinajstić information content (AvgIpc) is 3.34. The number of aromatic nitrogens is 2. The highest BCUT2D eigenvalue weighted by Gasteiger charge is 2.27. The van der Waals surface area contributed by atoms with Gasteiger partial charge in [-0.15, -0.1) is 0 Å². The third-order valence-corrected chi connectivity index (χ3v) is 7.10. The summed E-state index contributed by atoms with van der Waals surface area (Å²) >= 11 is 0. The number of fused-ring (bicyclic) bond motifs is 2. The summed E-state index contributed by atoms with van der Waals surface area (Å²) in [6.45, 7) is 6.32. The molecule has 1 saturated heterocycles. The van der Waals surface area contributed by atoms with E-state index >= 15 is 0 Å². The molecule has 0 radical (unpaired) electrons. The van der Waals surface area contributed by atoms with Crippen LogP contribution < -0.4 is 19.1 Å². The zero-order chi connectivity index (χ0) is 24.6. The van der Waals surface area contributed by atoms with Crippen LogP contribution in [-0.4, -0.2) is 41.3 Å². The molecule has 188 valence electrons. The monoisotopic (exact) mass is 494 g/mol. The van der Waals surface area contributed by atoms with E-state index in [1.807, 2.05) is 18.2 Å². The Bertz CT molecular complexity index is 1280. The maximum Gasteiger partial charge on any atom is 0.231 e. The lowest BCUT2D eigenvalue weighted by molar-refractivity contribution is 0.174. The van der Waals surface area contributed by atoms with E-state index in [-0.39, 0.29) is 12.5 Å². The van der Waals surface area contributed by atoms with E-state index in [1.54, 1.807) is 0 Å². The van der Waals surface area contributed by atoms with Crippen molar-refractivity contribution in [2.45, 2.75) is 39.3 Å². The molecule has 0 amide bonds. The van der Waals surface area contributed by atoms with Crippen LogP contribution in [0, 0.1) is 17.6 Å². The molecule has 2 aromatic carbocycles. The van der Waals surface area contributed by atoms with Crippen molar-refractivity contribution < 1.29 is 23.0 Å². The highest BCUT2D eigenvalue weighted by Crippen LogP contribution is 2.36. The van der Waals surface area contributed by atoms with Gasteiger partial charge in [0.15, 0.2) is 23.1 Å². The molecule has 6 rings (SSSR count). The number of benzene rings is 2. The van der Waals surface area contributed by atoms with Crippen molar-refractivity contribution >= 4 is 5.95 Å². The minimum atomic E-state index is -0.760. The van der Waals surface area contributed by atoms with Gasteiger partial charge in [-0.1, -0.05) is 13.0 Å². The molecule has 0 saturated carbocycles. The summed E-state index contributed by atoms with van der Waals surface area (Å²) < 4.78 is 44.9. The molecule has 3 aromatic rings. The first kappa shape index (κ1) is 23.0. The number of halogens is 2. The van der Waals surface area contributed by atoms with Crippen molar-refractivity contribution in [3.05, 3.63) is 64.9 Å². The van der Waals surface area contributed by atoms with Gasteiger partial charge in [0.25, 0.3) is 0 Å². The van der Waals surface area contributed by atoms with Gasteiger partial charge >= 0.3 is 0 Å². The zero-order valence-corrected chi connectivity index (χ0v) is 20.2. The second-order valence-corrected chi connectivity index (χ2v) is 9.75. The first-order chi connectivity index (χ1) is 17.5. The number of ether oxygens (including phenoxy) is 3. The summed E-state index contributed by atoms with van der Waals surface area (Å²) in [6, 6.07) is 9.27. The van der Waals surface area contributed by atoms with Crippen LogP contribution >= 0.6 is 0 Å². The van der Waals surface area contributed by atoms with Crippen LogP contribution in [0.15, 0.2) is 36.4 Å². The molecule has 1 fully saturated rings. The van der Waals surface area contributed by atoms with Crippen molar-refractivity contribution in [2.24, 2.45) is 5.92 Å². The van der Waals surface area contributed by atoms with Crippen LogP contribution in [0.4, 0.5) is 14.7 Å². The molecule has 0 bridgehead atoms. The Kier molecular flexibility index (Phi) is 6.08. The van der Waals surface area contributed by atoms with Crippen molar-refractivity contribution in [2.75, 3.05) is 31.3 Å². The zero-order valence-electron chi connectivity index (χ0n) is 20.2. The highest BCUT2D eigenvalue weighted by atomic mass is 19.1. The summed E-state index contributed by atoms with van der Waals surface area (Å²) in [5, 5.41) is 0. The van der Waals surface area contributed by atoms with Crippen molar-refractivity contribution in [3.63, 3.8) is 0 Å². The minimum Gasteiger partial charge on any atom is -0.454 e. The van der Waals surface area contributed by atoms with Gasteiger partial charge in [0.2, 0.25) is 18.6 Å². The molecule has 36 heavy (non-hydrogen) atoms. The number of rotatable bonds is 5. The summed E-state index contributed by atoms with van der Waals surface area (Å²) in [4.78, 5) is 14.1. The standard InChI is InChI=1S/C27H28F2N4O3/c1-17-6-10-33(11-7-17)27-30-22-8-9-32(14-18-2-4-24-25(12-18)35-16-34-24)15-20(22)26(31-27)36-23-5-3-19(28)13-21(23)29/h2-5,12-13,17H,6-11,14-16H2,1H3. The Morgan fingerprint density at radius 2 is 1.83 bits per heavy atom. The SMILES string of the molecule is CC1CCN(c2nc3c(c(Oc4ccc(F)cc4F)n2)CN(Cc2ccc4c(c2)OCO4)CC3)CC1. The molecular formula is C27H28F2N4O3. The van der Waals surface area contributed by atoms with Gasteiger partial charge in [0.1, 0.15) is 5.82 Å². The van der Waals surface area contributed by atoms with Gasteiger partial charge in [0.05, 0.1) is 11.3 Å². The lowest BCUT2D eigenvalue weighted by atomic mass is 9.99. The van der Waals surface area contributed by atoms with Gasteiger partial charge in [-0.2, -0.15) is 4.98 Å². The summed E-state index contributed by atoms with van der Waals surface area (Å²) in [5.74, 6) is 1.66. The second-order valence-electron chi connectivity index (χ2n) is 9.75. The third-order valence-electron chi connectivity index (χ3n) is 7.10. The Morgan fingerprint density at radius 3 is 2.67 bits per heavy atom. The first-order valence-corrected chi connectivity index (χ1v) is 12.4. The summed E-state index contributed by atoms with van der Waals surface area (Å²) in [6.07, 6.45) is 2.88. The predicted octanol–water partition coefficient (Wildman–Crippen LogP) is 5.07. The van der Waals surface area contributed by atoms with Crippen LogP contribution in [0.3, 0.4) is 0 Å². The summed E-state index contributed by atoms with van der Waals surface area (Å²) in [7, 11) is 0. The molecule has 0 spiro atoms. The maximum atomic E-state index is 14.5. The van der Waals surface area contributed by atoms with E-state index in [1.165, 1.54) is 12.1 Å². The predicted molar refractivity (Wildman–Crippen MR) is 129 cm³/mol. The van der Waals surface area contributed by atoms with Gasteiger partial charge < -0.3 is 19.1 Å². The fraction of sp³-hybridized carbons (Fsp3) is 0.407. The fourth-order valence-corrected chi connectivity index (χ4v) is 4.96. The Morgan fingerprint density at radius 1 is 1.00 bits per heavy atom. The van der Waals surface area contributed by atoms with E-state index in [4.69, 9.17) is 24.2 Å².